The third kappa shape index (κ3) is 5.25. The molecule has 0 bridgehead atoms. The lowest BCUT2D eigenvalue weighted by Gasteiger charge is -2.35. The number of rotatable bonds is 6. The van der Waals surface area contributed by atoms with Crippen molar-refractivity contribution in [1.82, 2.24) is 9.80 Å². The van der Waals surface area contributed by atoms with E-state index in [1.165, 1.54) is 0 Å². The number of hydrogen-bond donors (Lipinski definition) is 1. The molecule has 1 atom stereocenters. The first kappa shape index (κ1) is 20.6. The Hall–Kier alpha value is -2.08. The Kier molecular flexibility index (Phi) is 6.94. The van der Waals surface area contributed by atoms with Crippen molar-refractivity contribution in [2.24, 2.45) is 0 Å². The average Bonchev–Trinajstić information content (AvgIpc) is 2.68. The van der Waals surface area contributed by atoms with Crippen LogP contribution in [-0.4, -0.2) is 66.2 Å². The van der Waals surface area contributed by atoms with Crippen LogP contribution in [-0.2, 0) is 0 Å². The normalized spacial score (nSPS) is 16.1. The molecule has 1 unspecified atom stereocenters. The predicted octanol–water partition coefficient (Wildman–Crippen LogP) is 3.15. The quantitative estimate of drug-likeness (QED) is 0.806. The van der Waals surface area contributed by atoms with Gasteiger partial charge in [0.2, 0.25) is 0 Å². The highest BCUT2D eigenvalue weighted by molar-refractivity contribution is 6.30. The minimum atomic E-state index is -0.572. The van der Waals surface area contributed by atoms with Crippen LogP contribution in [0.1, 0.15) is 21.5 Å². The second kappa shape index (κ2) is 9.41. The van der Waals surface area contributed by atoms with Gasteiger partial charge in [0.25, 0.3) is 5.91 Å². The molecule has 2 aromatic carbocycles. The van der Waals surface area contributed by atoms with E-state index < -0.39 is 6.10 Å². The molecule has 2 aromatic rings. The molecule has 1 aliphatic heterocycles. The largest absolute Gasteiger partial charge is 0.490 e. The van der Waals surface area contributed by atoms with Gasteiger partial charge in [-0.25, -0.2) is 0 Å². The summed E-state index contributed by atoms with van der Waals surface area (Å²) in [7, 11) is 0. The predicted molar refractivity (Wildman–Crippen MR) is 111 cm³/mol. The fourth-order valence-corrected chi connectivity index (χ4v) is 3.59. The van der Waals surface area contributed by atoms with Crippen molar-refractivity contribution in [2.75, 3.05) is 39.3 Å². The van der Waals surface area contributed by atoms with Gasteiger partial charge in [0.15, 0.2) is 0 Å². The van der Waals surface area contributed by atoms with Crippen molar-refractivity contribution in [3.8, 4) is 5.75 Å². The zero-order valence-electron chi connectivity index (χ0n) is 16.4. The number of aryl methyl sites for hydroxylation is 2. The summed E-state index contributed by atoms with van der Waals surface area (Å²) in [4.78, 5) is 16.6. The smallest absolute Gasteiger partial charge is 0.253 e. The number of halogens is 1. The zero-order chi connectivity index (χ0) is 20.1. The summed E-state index contributed by atoms with van der Waals surface area (Å²) in [5.41, 5.74) is 2.79. The van der Waals surface area contributed by atoms with E-state index in [2.05, 4.69) is 4.90 Å². The summed E-state index contributed by atoms with van der Waals surface area (Å²) >= 11 is 5.89. The van der Waals surface area contributed by atoms with E-state index in [1.54, 1.807) is 24.3 Å². The summed E-state index contributed by atoms with van der Waals surface area (Å²) in [6.45, 7) is 7.57. The van der Waals surface area contributed by atoms with Gasteiger partial charge in [-0.05, 0) is 49.2 Å². The fourth-order valence-electron chi connectivity index (χ4n) is 3.47. The molecule has 1 N–H and O–H groups in total. The lowest BCUT2D eigenvalue weighted by Crippen LogP contribution is -2.51. The van der Waals surface area contributed by atoms with E-state index in [1.807, 2.05) is 36.9 Å². The molecule has 28 heavy (non-hydrogen) atoms. The Labute approximate surface area is 171 Å². The van der Waals surface area contributed by atoms with E-state index in [4.69, 9.17) is 16.3 Å². The van der Waals surface area contributed by atoms with Gasteiger partial charge in [-0.1, -0.05) is 29.8 Å². The molecular formula is C22H27ClN2O3. The SMILES string of the molecule is Cc1cccc(C)c1OCC(O)CN1CCN(C(=O)c2ccc(Cl)cc2)CC1. The number of piperazine rings is 1. The molecule has 0 radical (unpaired) electrons. The number of β-amino-alcohol motifs (C(OH)–C–C–N with tert-alkyl or cyclic N) is 1. The molecule has 1 fully saturated rings. The second-order valence-electron chi connectivity index (χ2n) is 7.29. The molecule has 1 saturated heterocycles. The van der Waals surface area contributed by atoms with E-state index in [0.29, 0.717) is 30.2 Å². The van der Waals surface area contributed by atoms with Crippen LogP contribution in [0, 0.1) is 13.8 Å². The zero-order valence-corrected chi connectivity index (χ0v) is 17.2. The van der Waals surface area contributed by atoms with Crippen LogP contribution in [0.4, 0.5) is 0 Å². The highest BCUT2D eigenvalue weighted by Crippen LogP contribution is 2.22. The summed E-state index contributed by atoms with van der Waals surface area (Å²) in [6, 6.07) is 13.0. The average molecular weight is 403 g/mol. The topological polar surface area (TPSA) is 53.0 Å². The van der Waals surface area contributed by atoms with Crippen molar-refractivity contribution < 1.29 is 14.6 Å². The van der Waals surface area contributed by atoms with E-state index in [-0.39, 0.29) is 12.5 Å². The molecule has 5 nitrogen and oxygen atoms in total. The fraction of sp³-hybridized carbons (Fsp3) is 0.409. The summed E-state index contributed by atoms with van der Waals surface area (Å²) in [6.07, 6.45) is -0.572. The van der Waals surface area contributed by atoms with E-state index in [0.717, 1.165) is 30.0 Å². The third-order valence-electron chi connectivity index (χ3n) is 5.05. The Morgan fingerprint density at radius 3 is 2.29 bits per heavy atom. The van der Waals surface area contributed by atoms with Crippen molar-refractivity contribution >= 4 is 17.5 Å². The Bertz CT molecular complexity index is 782. The Morgan fingerprint density at radius 2 is 1.68 bits per heavy atom. The van der Waals surface area contributed by atoms with Gasteiger partial charge >= 0.3 is 0 Å². The number of ether oxygens (including phenoxy) is 1. The number of para-hydroxylation sites is 1. The molecule has 0 spiro atoms. The van der Waals surface area contributed by atoms with Crippen molar-refractivity contribution in [3.05, 3.63) is 64.2 Å². The summed E-state index contributed by atoms with van der Waals surface area (Å²) < 4.78 is 5.85. The first-order valence-electron chi connectivity index (χ1n) is 9.58. The molecule has 0 aromatic heterocycles. The number of aliphatic hydroxyl groups is 1. The lowest BCUT2D eigenvalue weighted by molar-refractivity contribution is 0.0402. The molecule has 1 heterocycles. The van der Waals surface area contributed by atoms with E-state index in [9.17, 15) is 9.90 Å². The van der Waals surface area contributed by atoms with Gasteiger partial charge in [-0.2, -0.15) is 0 Å². The number of carbonyl (C=O) groups is 1. The van der Waals surface area contributed by atoms with Crippen molar-refractivity contribution in [1.29, 1.82) is 0 Å². The van der Waals surface area contributed by atoms with Gasteiger partial charge in [-0.15, -0.1) is 0 Å². The van der Waals surface area contributed by atoms with Gasteiger partial charge < -0.3 is 14.7 Å². The molecule has 1 amide bonds. The number of nitrogens with zero attached hydrogens (tertiary/aromatic N) is 2. The molecule has 3 rings (SSSR count). The third-order valence-corrected chi connectivity index (χ3v) is 5.30. The first-order chi connectivity index (χ1) is 13.4. The van der Waals surface area contributed by atoms with Crippen LogP contribution >= 0.6 is 11.6 Å². The molecule has 1 aliphatic rings. The number of aliphatic hydroxyl groups excluding tert-OH is 1. The van der Waals surface area contributed by atoms with Crippen LogP contribution in [0.25, 0.3) is 0 Å². The van der Waals surface area contributed by atoms with Crippen LogP contribution < -0.4 is 4.74 Å². The maximum Gasteiger partial charge on any atom is 0.253 e. The molecule has 6 heteroatoms. The monoisotopic (exact) mass is 402 g/mol. The molecular weight excluding hydrogens is 376 g/mol. The van der Waals surface area contributed by atoms with Gasteiger partial charge in [0.05, 0.1) is 0 Å². The standard InChI is InChI=1S/C22H27ClN2O3/c1-16-4-3-5-17(2)21(16)28-15-20(26)14-24-10-12-25(13-11-24)22(27)18-6-8-19(23)9-7-18/h3-9,20,26H,10-15H2,1-2H3. The van der Waals surface area contributed by atoms with Crippen LogP contribution in [0.15, 0.2) is 42.5 Å². The summed E-state index contributed by atoms with van der Waals surface area (Å²) in [5, 5.41) is 11.0. The number of amides is 1. The van der Waals surface area contributed by atoms with Crippen molar-refractivity contribution in [3.63, 3.8) is 0 Å². The van der Waals surface area contributed by atoms with Crippen LogP contribution in [0.5, 0.6) is 5.75 Å². The Morgan fingerprint density at radius 1 is 1.07 bits per heavy atom. The van der Waals surface area contributed by atoms with Gasteiger partial charge in [-0.3, -0.25) is 9.69 Å². The molecule has 0 aliphatic carbocycles. The second-order valence-corrected chi connectivity index (χ2v) is 7.72. The maximum absolute atomic E-state index is 12.6. The highest BCUT2D eigenvalue weighted by Gasteiger charge is 2.23. The molecule has 150 valence electrons. The number of carbonyl (C=O) groups excluding carboxylic acids is 1. The number of hydrogen-bond acceptors (Lipinski definition) is 4. The Balaban J connectivity index is 1.45. The van der Waals surface area contributed by atoms with Crippen LogP contribution in [0.3, 0.4) is 0 Å². The first-order valence-corrected chi connectivity index (χ1v) is 9.96. The highest BCUT2D eigenvalue weighted by atomic mass is 35.5. The van der Waals surface area contributed by atoms with Gasteiger partial charge in [0.1, 0.15) is 18.5 Å². The van der Waals surface area contributed by atoms with Crippen molar-refractivity contribution in [2.45, 2.75) is 20.0 Å². The van der Waals surface area contributed by atoms with E-state index >= 15 is 0 Å². The summed E-state index contributed by atoms with van der Waals surface area (Å²) in [5.74, 6) is 0.871. The minimum Gasteiger partial charge on any atom is -0.490 e. The number of benzene rings is 2. The minimum absolute atomic E-state index is 0.0234. The van der Waals surface area contributed by atoms with Gasteiger partial charge in [0, 0.05) is 43.3 Å². The maximum atomic E-state index is 12.6. The molecule has 0 saturated carbocycles. The van der Waals surface area contributed by atoms with Crippen LogP contribution in [0.2, 0.25) is 5.02 Å². The lowest BCUT2D eigenvalue weighted by atomic mass is 10.1.